The van der Waals surface area contributed by atoms with Crippen LogP contribution >= 0.6 is 23.8 Å². The number of rotatable bonds is 4. The van der Waals surface area contributed by atoms with E-state index in [0.717, 1.165) is 28.1 Å². The Morgan fingerprint density at radius 2 is 1.65 bits per heavy atom. The van der Waals surface area contributed by atoms with Crippen molar-refractivity contribution in [2.75, 3.05) is 17.2 Å². The van der Waals surface area contributed by atoms with Gasteiger partial charge < -0.3 is 10.6 Å². The molecule has 2 aromatic rings. The molecule has 2 rings (SSSR count). The number of hydrogen-bond acceptors (Lipinski definition) is 3. The predicted octanol–water partition coefficient (Wildman–Crippen LogP) is 4.00. The number of halogens is 1. The molecule has 0 saturated heterocycles. The van der Waals surface area contributed by atoms with Crippen molar-refractivity contribution < 1.29 is 4.79 Å². The van der Waals surface area contributed by atoms with Crippen molar-refractivity contribution in [3.05, 3.63) is 57.6 Å². The molecule has 0 atom stereocenters. The van der Waals surface area contributed by atoms with Crippen molar-refractivity contribution in [3.8, 4) is 0 Å². The summed E-state index contributed by atoms with van der Waals surface area (Å²) in [7, 11) is 0. The van der Waals surface area contributed by atoms with E-state index in [4.69, 9.17) is 23.8 Å². The lowest BCUT2D eigenvalue weighted by Crippen LogP contribution is -2.45. The number of carbonyl (C=O) groups excluding carboxylic acids is 1. The van der Waals surface area contributed by atoms with Crippen LogP contribution in [0.15, 0.2) is 30.3 Å². The van der Waals surface area contributed by atoms with Crippen LogP contribution in [0.5, 0.6) is 0 Å². The summed E-state index contributed by atoms with van der Waals surface area (Å²) < 4.78 is 0. The average molecular weight is 391 g/mol. The van der Waals surface area contributed by atoms with E-state index in [1.54, 1.807) is 6.07 Å². The van der Waals surface area contributed by atoms with E-state index in [1.165, 1.54) is 5.56 Å². The second kappa shape index (κ2) is 8.87. The molecule has 0 spiro atoms. The maximum Gasteiger partial charge on any atom is 0.257 e. The number of anilines is 2. The summed E-state index contributed by atoms with van der Waals surface area (Å²) in [5, 5.41) is 7.05. The molecule has 0 aliphatic rings. The Kier molecular flexibility index (Phi) is 6.83. The number of carbonyl (C=O) groups is 1. The standard InChI is InChI=1S/C19H23ClN4OS/c1-11-7-13(3)18(14(4)8-11)21-10-17(25)23-24-19(26)22-15-6-5-12(2)16(20)9-15/h5-9,21H,10H2,1-4H3,(H,23,25)(H2,22,24,26). The van der Waals surface area contributed by atoms with Crippen LogP contribution in [-0.2, 0) is 4.79 Å². The molecule has 0 heterocycles. The lowest BCUT2D eigenvalue weighted by molar-refractivity contribution is -0.119. The van der Waals surface area contributed by atoms with E-state index >= 15 is 0 Å². The Bertz CT molecular complexity index is 815. The molecule has 2 aromatic carbocycles. The molecular weight excluding hydrogens is 368 g/mol. The van der Waals surface area contributed by atoms with Gasteiger partial charge in [0.2, 0.25) is 0 Å². The van der Waals surface area contributed by atoms with Gasteiger partial charge in [-0.2, -0.15) is 0 Å². The van der Waals surface area contributed by atoms with E-state index in [2.05, 4.69) is 40.5 Å². The zero-order valence-corrected chi connectivity index (χ0v) is 16.9. The first-order valence-corrected chi connectivity index (χ1v) is 8.98. The summed E-state index contributed by atoms with van der Waals surface area (Å²) in [5.74, 6) is -0.226. The number of thiocarbonyl (C=S) groups is 1. The Morgan fingerprint density at radius 1 is 1.00 bits per heavy atom. The molecule has 4 N–H and O–H groups in total. The van der Waals surface area contributed by atoms with Crippen molar-refractivity contribution in [3.63, 3.8) is 0 Å². The highest BCUT2D eigenvalue weighted by molar-refractivity contribution is 7.80. The van der Waals surface area contributed by atoms with Gasteiger partial charge in [-0.1, -0.05) is 35.4 Å². The van der Waals surface area contributed by atoms with Crippen LogP contribution < -0.4 is 21.5 Å². The van der Waals surface area contributed by atoms with E-state index in [0.29, 0.717) is 5.02 Å². The van der Waals surface area contributed by atoms with Crippen LogP contribution in [-0.4, -0.2) is 17.6 Å². The first kappa shape index (κ1) is 20.0. The molecule has 26 heavy (non-hydrogen) atoms. The highest BCUT2D eigenvalue weighted by Gasteiger charge is 2.07. The number of aryl methyl sites for hydroxylation is 4. The van der Waals surface area contributed by atoms with Crippen molar-refractivity contribution >= 4 is 46.2 Å². The Labute approximate surface area is 164 Å². The molecule has 0 radical (unpaired) electrons. The van der Waals surface area contributed by atoms with Crippen molar-refractivity contribution in [2.24, 2.45) is 0 Å². The summed E-state index contributed by atoms with van der Waals surface area (Å²) in [6.07, 6.45) is 0. The topological polar surface area (TPSA) is 65.2 Å². The zero-order chi connectivity index (χ0) is 19.3. The number of hydrogen-bond donors (Lipinski definition) is 4. The third-order valence-corrected chi connectivity index (χ3v) is 4.46. The molecule has 5 nitrogen and oxygen atoms in total. The molecule has 0 aliphatic heterocycles. The van der Waals surface area contributed by atoms with Gasteiger partial charge in [-0.15, -0.1) is 0 Å². The van der Waals surface area contributed by atoms with Crippen LogP contribution in [0.25, 0.3) is 0 Å². The molecule has 0 aromatic heterocycles. The minimum Gasteiger partial charge on any atom is -0.376 e. The van der Waals surface area contributed by atoms with Crippen LogP contribution in [0.2, 0.25) is 5.02 Å². The fourth-order valence-electron chi connectivity index (χ4n) is 2.63. The Hall–Kier alpha value is -2.31. The first-order valence-electron chi connectivity index (χ1n) is 8.20. The molecule has 1 amide bonds. The molecule has 0 fully saturated rings. The molecule has 7 heteroatoms. The fraction of sp³-hybridized carbons (Fsp3) is 0.263. The Balaban J connectivity index is 1.81. The summed E-state index contributed by atoms with van der Waals surface area (Å²) in [6.45, 7) is 8.15. The van der Waals surface area contributed by atoms with Gasteiger partial charge in [0.15, 0.2) is 5.11 Å². The van der Waals surface area contributed by atoms with Crippen LogP contribution in [0.1, 0.15) is 22.3 Å². The second-order valence-electron chi connectivity index (χ2n) is 6.22. The minimum atomic E-state index is -0.226. The summed E-state index contributed by atoms with van der Waals surface area (Å²) in [4.78, 5) is 12.0. The third kappa shape index (κ3) is 5.61. The lowest BCUT2D eigenvalue weighted by Gasteiger charge is -2.15. The number of benzene rings is 2. The van der Waals surface area contributed by atoms with Gasteiger partial charge in [0.05, 0.1) is 6.54 Å². The van der Waals surface area contributed by atoms with Gasteiger partial charge in [0.1, 0.15) is 0 Å². The Morgan fingerprint density at radius 3 is 2.27 bits per heavy atom. The highest BCUT2D eigenvalue weighted by atomic mass is 35.5. The fourth-order valence-corrected chi connectivity index (χ4v) is 2.98. The molecule has 138 valence electrons. The predicted molar refractivity (Wildman–Crippen MR) is 113 cm³/mol. The third-order valence-electron chi connectivity index (χ3n) is 3.85. The van der Waals surface area contributed by atoms with Crippen LogP contribution in [0.3, 0.4) is 0 Å². The van der Waals surface area contributed by atoms with Gasteiger partial charge in [0, 0.05) is 16.4 Å². The van der Waals surface area contributed by atoms with E-state index in [-0.39, 0.29) is 17.6 Å². The smallest absolute Gasteiger partial charge is 0.257 e. The van der Waals surface area contributed by atoms with Crippen LogP contribution in [0, 0.1) is 27.7 Å². The van der Waals surface area contributed by atoms with Crippen LogP contribution in [0.4, 0.5) is 11.4 Å². The van der Waals surface area contributed by atoms with E-state index < -0.39 is 0 Å². The summed E-state index contributed by atoms with van der Waals surface area (Å²) >= 11 is 11.2. The van der Waals surface area contributed by atoms with Gasteiger partial charge >= 0.3 is 0 Å². The molecule has 0 aliphatic carbocycles. The lowest BCUT2D eigenvalue weighted by atomic mass is 10.1. The maximum absolute atomic E-state index is 12.0. The summed E-state index contributed by atoms with van der Waals surface area (Å²) in [6, 6.07) is 9.69. The van der Waals surface area contributed by atoms with E-state index in [9.17, 15) is 4.79 Å². The molecular formula is C19H23ClN4OS. The van der Waals surface area contributed by atoms with Crippen molar-refractivity contribution in [1.29, 1.82) is 0 Å². The molecule has 0 unspecified atom stereocenters. The normalized spacial score (nSPS) is 10.2. The zero-order valence-electron chi connectivity index (χ0n) is 15.3. The quantitative estimate of drug-likeness (QED) is 0.469. The summed E-state index contributed by atoms with van der Waals surface area (Å²) in [5.41, 5.74) is 11.4. The molecule has 0 saturated carbocycles. The number of hydrazine groups is 1. The average Bonchev–Trinajstić information content (AvgIpc) is 2.55. The van der Waals surface area contributed by atoms with Gasteiger partial charge in [-0.05, 0) is 68.7 Å². The largest absolute Gasteiger partial charge is 0.376 e. The highest BCUT2D eigenvalue weighted by Crippen LogP contribution is 2.21. The maximum atomic E-state index is 12.0. The molecule has 0 bridgehead atoms. The van der Waals surface area contributed by atoms with Gasteiger partial charge in [0.25, 0.3) is 5.91 Å². The number of amides is 1. The second-order valence-corrected chi connectivity index (χ2v) is 7.03. The van der Waals surface area contributed by atoms with E-state index in [1.807, 2.05) is 32.9 Å². The minimum absolute atomic E-state index is 0.136. The van der Waals surface area contributed by atoms with Gasteiger partial charge in [-0.3, -0.25) is 15.6 Å². The first-order chi connectivity index (χ1) is 12.3. The number of nitrogens with one attached hydrogen (secondary N) is 4. The van der Waals surface area contributed by atoms with Crippen molar-refractivity contribution in [1.82, 2.24) is 10.9 Å². The monoisotopic (exact) mass is 390 g/mol. The SMILES string of the molecule is Cc1cc(C)c(NCC(=O)NNC(=S)Nc2ccc(C)c(Cl)c2)c(C)c1. The van der Waals surface area contributed by atoms with Gasteiger partial charge in [-0.25, -0.2) is 0 Å². The van der Waals surface area contributed by atoms with Crippen molar-refractivity contribution in [2.45, 2.75) is 27.7 Å².